The van der Waals surface area contributed by atoms with Gasteiger partial charge in [0.15, 0.2) is 0 Å². The van der Waals surface area contributed by atoms with E-state index in [1.165, 1.54) is 10.6 Å². The molecular formula is C48H44N4OPt-2. The Kier molecular flexibility index (Phi) is 4.87. The molecule has 5 nitrogen and oxygen atoms in total. The molecule has 0 fully saturated rings. The fraction of sp³-hybridized carbons (Fsp3) is 0.250. The average molecular weight is 907 g/mol. The van der Waals surface area contributed by atoms with Gasteiger partial charge in [-0.05, 0) is 87.0 Å². The minimum atomic E-state index is -4.46. The van der Waals surface area contributed by atoms with E-state index in [1.807, 2.05) is 47.0 Å². The summed E-state index contributed by atoms with van der Waals surface area (Å²) in [6.07, 6.45) is -4.17. The maximum atomic E-state index is 9.71. The van der Waals surface area contributed by atoms with Crippen molar-refractivity contribution in [2.75, 3.05) is 0 Å². The predicted octanol–water partition coefficient (Wildman–Crippen LogP) is 11.2. The van der Waals surface area contributed by atoms with Crippen LogP contribution in [0.15, 0.2) is 115 Å². The molecule has 0 spiro atoms. The standard InChI is InChI=1S/C48H44N4O.Pt/c1-46(2,3)32-23-26-49-45(27-32)52-41-16-9-8-15-37(41)38-21-20-36(30-44(38)52)53-35-14-12-13-33(28-35)50-31-51(43-18-11-10-17-42(43)50)34-19-22-39-40(29-34)48(6,7)25-24-47(39,4)5;/h8-23,26-27,29H,24-25H2,1-7H3;/q-2;/i4D3,5D3,6D3,7D3,19D,22D,24D2,25D2,29D;. The minimum Gasteiger partial charge on any atom is -0.510 e. The molecule has 1 aliphatic carbocycles. The van der Waals surface area contributed by atoms with Crippen LogP contribution >= 0.6 is 0 Å². The summed E-state index contributed by atoms with van der Waals surface area (Å²) in [5.41, 5.74) is -9.29. The van der Waals surface area contributed by atoms with Crippen molar-refractivity contribution in [3.8, 4) is 28.7 Å². The van der Waals surface area contributed by atoms with Crippen molar-refractivity contribution in [2.45, 2.75) is 77.2 Å². The Morgan fingerprint density at radius 3 is 2.35 bits per heavy atom. The molecule has 3 aromatic heterocycles. The number of nitrogens with zero attached hydrogens (tertiary/aromatic N) is 4. The second-order valence-corrected chi connectivity index (χ2v) is 14.1. The third-order valence-electron chi connectivity index (χ3n) is 9.39. The Hall–Kier alpha value is -4.99. The van der Waals surface area contributed by atoms with Gasteiger partial charge in [0.2, 0.25) is 0 Å². The van der Waals surface area contributed by atoms with Crippen molar-refractivity contribution < 1.29 is 56.4 Å². The second-order valence-electron chi connectivity index (χ2n) is 14.1. The van der Waals surface area contributed by atoms with Gasteiger partial charge in [-0.1, -0.05) is 102 Å². The summed E-state index contributed by atoms with van der Waals surface area (Å²) in [6.45, 7) is -10.4. The van der Waals surface area contributed by atoms with Gasteiger partial charge < -0.3 is 13.9 Å². The summed E-state index contributed by atoms with van der Waals surface area (Å²) in [6, 6.07) is 29.4. The summed E-state index contributed by atoms with van der Waals surface area (Å²) in [7, 11) is 0. The first kappa shape index (κ1) is 20.1. The molecule has 0 N–H and O–H groups in total. The van der Waals surface area contributed by atoms with E-state index in [9.17, 15) is 6.85 Å². The Morgan fingerprint density at radius 1 is 0.815 bits per heavy atom. The first-order chi connectivity index (χ1) is 33.2. The summed E-state index contributed by atoms with van der Waals surface area (Å²) in [5, 5.41) is 1.86. The molecule has 5 aromatic carbocycles. The van der Waals surface area contributed by atoms with E-state index in [4.69, 9.17) is 28.9 Å². The van der Waals surface area contributed by atoms with E-state index < -0.39 is 85.9 Å². The second kappa shape index (κ2) is 13.1. The first-order valence-electron chi connectivity index (χ1n) is 26.4. The maximum absolute atomic E-state index is 9.71. The van der Waals surface area contributed by atoms with E-state index in [1.54, 1.807) is 48.7 Å². The summed E-state index contributed by atoms with van der Waals surface area (Å²) in [4.78, 5) is 4.73. The summed E-state index contributed by atoms with van der Waals surface area (Å²) in [5.74, 6) is 1.17. The van der Waals surface area contributed by atoms with E-state index in [0.29, 0.717) is 17.1 Å². The van der Waals surface area contributed by atoms with Crippen LogP contribution in [-0.4, -0.2) is 14.1 Å². The number of aromatic nitrogens is 4. The van der Waals surface area contributed by atoms with Gasteiger partial charge in [0.25, 0.3) is 6.33 Å². The van der Waals surface area contributed by atoms with Gasteiger partial charge in [-0.2, -0.15) is 18.2 Å². The molecule has 0 radical (unpaired) electrons. The Morgan fingerprint density at radius 2 is 1.56 bits per heavy atom. The molecule has 0 unspecified atom stereocenters. The SMILES string of the molecule is [2H]c1c([2H])c2c(c([2H])c1-[n+]1[c-]n(-c3[c-]c(Oc4[c-]c5c(cc4)c4ccccc4n5-c4cc(C(C)(C)C)ccn4)ccc3)c3ccccc31)C(C([2H])([2H])[2H])(C([2H])([2H])[2H])C([2H])([2H])C([2H])([2H])C2(C([2H])([2H])[2H])C([2H])([2H])[2H].[Pt]. The Bertz CT molecular complexity index is 3480. The van der Waals surface area contributed by atoms with Gasteiger partial charge in [0.1, 0.15) is 5.82 Å². The zero-order chi connectivity index (χ0) is 52.9. The molecule has 1 aliphatic rings. The Balaban J connectivity index is 0.00000711. The van der Waals surface area contributed by atoms with Crippen molar-refractivity contribution in [1.82, 2.24) is 14.1 Å². The zero-order valence-electron chi connectivity index (χ0n) is 48.3. The zero-order valence-corrected chi connectivity index (χ0v) is 31.5. The first-order valence-corrected chi connectivity index (χ1v) is 16.9. The van der Waals surface area contributed by atoms with Gasteiger partial charge in [0, 0.05) is 66.2 Å². The van der Waals surface area contributed by atoms with Crippen LogP contribution in [0.25, 0.3) is 50.0 Å². The fourth-order valence-electron chi connectivity index (χ4n) is 6.71. The number of imidazole rings is 1. The number of benzene rings is 5. The third kappa shape index (κ3) is 6.07. The number of pyridine rings is 1. The average Bonchev–Trinajstić information content (AvgIpc) is 3.80. The van der Waals surface area contributed by atoms with Gasteiger partial charge in [-0.15, -0.1) is 29.7 Å². The topological polar surface area (TPSA) is 35.9 Å². The Labute approximate surface area is 359 Å². The fourth-order valence-corrected chi connectivity index (χ4v) is 6.71. The molecule has 0 bridgehead atoms. The van der Waals surface area contributed by atoms with Crippen LogP contribution in [0.2, 0.25) is 0 Å². The maximum Gasteiger partial charge on any atom is 0.268 e. The molecule has 0 atom stereocenters. The van der Waals surface area contributed by atoms with Gasteiger partial charge in [-0.25, -0.2) is 4.98 Å². The molecule has 9 rings (SSSR count). The van der Waals surface area contributed by atoms with Crippen LogP contribution < -0.4 is 9.30 Å². The molecule has 3 heterocycles. The monoisotopic (exact) mass is 906 g/mol. The molecule has 54 heavy (non-hydrogen) atoms. The molecular weight excluding hydrogens is 844 g/mol. The van der Waals surface area contributed by atoms with E-state index in [-0.39, 0.29) is 49.0 Å². The molecule has 0 amide bonds. The summed E-state index contributed by atoms with van der Waals surface area (Å²) >= 11 is 0. The van der Waals surface area contributed by atoms with Gasteiger partial charge in [-0.3, -0.25) is 4.57 Å². The normalized spacial score (nSPS) is 22.9. The van der Waals surface area contributed by atoms with Crippen molar-refractivity contribution >= 4 is 32.8 Å². The molecule has 0 saturated heterocycles. The van der Waals surface area contributed by atoms with Crippen LogP contribution in [0.4, 0.5) is 0 Å². The van der Waals surface area contributed by atoms with Crippen LogP contribution in [0.1, 0.15) is 104 Å². The quantitative estimate of drug-likeness (QED) is 0.127. The number of hydrogen-bond donors (Lipinski definition) is 0. The smallest absolute Gasteiger partial charge is 0.268 e. The molecule has 0 aliphatic heterocycles. The predicted molar refractivity (Wildman–Crippen MR) is 214 cm³/mol. The van der Waals surface area contributed by atoms with E-state index in [0.717, 1.165) is 26.4 Å². The number of fused-ring (bicyclic) bond motifs is 5. The van der Waals surface area contributed by atoms with E-state index >= 15 is 0 Å². The van der Waals surface area contributed by atoms with Gasteiger partial charge >= 0.3 is 0 Å². The molecule has 8 aromatic rings. The van der Waals surface area contributed by atoms with E-state index in [2.05, 4.69) is 39.2 Å². The number of hydrogen-bond acceptors (Lipinski definition) is 2. The molecule has 0 saturated carbocycles. The van der Waals surface area contributed by atoms with Crippen LogP contribution in [0.5, 0.6) is 11.5 Å². The van der Waals surface area contributed by atoms with Crippen molar-refractivity contribution in [3.63, 3.8) is 0 Å². The van der Waals surface area contributed by atoms with Crippen molar-refractivity contribution in [2.24, 2.45) is 0 Å². The third-order valence-corrected chi connectivity index (χ3v) is 9.39. The minimum absolute atomic E-state index is 0. The number of rotatable bonds is 5. The molecule has 6 heteroatoms. The van der Waals surface area contributed by atoms with Crippen LogP contribution in [-0.2, 0) is 37.3 Å². The van der Waals surface area contributed by atoms with Crippen LogP contribution in [0, 0.1) is 18.5 Å². The van der Waals surface area contributed by atoms with Crippen molar-refractivity contribution in [3.05, 3.63) is 150 Å². The number of ether oxygens (including phenoxy) is 1. The largest absolute Gasteiger partial charge is 0.510 e. The summed E-state index contributed by atoms with van der Waals surface area (Å²) < 4.78 is 179. The van der Waals surface area contributed by atoms with Gasteiger partial charge in [0.05, 0.1) is 20.8 Å². The van der Waals surface area contributed by atoms with Crippen LogP contribution in [0.3, 0.4) is 0 Å². The molecule has 274 valence electrons. The number of para-hydroxylation sites is 3. The van der Waals surface area contributed by atoms with Crippen molar-refractivity contribution in [1.29, 1.82) is 0 Å².